The topological polar surface area (TPSA) is 49.4 Å². The molecule has 0 bridgehead atoms. The Labute approximate surface area is 176 Å². The summed E-state index contributed by atoms with van der Waals surface area (Å²) in [5.41, 5.74) is 0.403. The van der Waals surface area contributed by atoms with Crippen molar-refractivity contribution in [3.05, 3.63) is 66.0 Å². The molecule has 29 heavy (non-hydrogen) atoms. The van der Waals surface area contributed by atoms with Crippen molar-refractivity contribution in [3.8, 4) is 0 Å². The summed E-state index contributed by atoms with van der Waals surface area (Å²) in [4.78, 5) is 28.1. The summed E-state index contributed by atoms with van der Waals surface area (Å²) < 4.78 is 14.2. The van der Waals surface area contributed by atoms with Gasteiger partial charge in [0.05, 0.1) is 0 Å². The Morgan fingerprint density at radius 2 is 1.72 bits per heavy atom. The standard InChI is InChI=1S/C23H29FN2O2S/c1-4-17(2)25-23(28)18(3)26(16-19-10-8-9-13-21(19)24)22(27)14-15-29-20-11-6-5-7-12-20/h5-13,17-18H,4,14-16H2,1-3H3,(H,25,28)/t17-,18-/m1/s1. The quantitative estimate of drug-likeness (QED) is 0.574. The molecule has 0 saturated carbocycles. The molecule has 0 saturated heterocycles. The van der Waals surface area contributed by atoms with Crippen molar-refractivity contribution < 1.29 is 14.0 Å². The van der Waals surface area contributed by atoms with Crippen molar-refractivity contribution in [2.75, 3.05) is 5.75 Å². The third-order valence-corrected chi connectivity index (χ3v) is 5.81. The number of hydrogen-bond acceptors (Lipinski definition) is 3. The van der Waals surface area contributed by atoms with E-state index in [0.29, 0.717) is 11.3 Å². The molecular formula is C23H29FN2O2S. The summed E-state index contributed by atoms with van der Waals surface area (Å²) in [5, 5.41) is 2.92. The van der Waals surface area contributed by atoms with Crippen LogP contribution in [0, 0.1) is 5.82 Å². The van der Waals surface area contributed by atoms with Crippen molar-refractivity contribution in [2.45, 2.75) is 57.1 Å². The van der Waals surface area contributed by atoms with Crippen LogP contribution in [0.15, 0.2) is 59.5 Å². The third kappa shape index (κ3) is 7.20. The van der Waals surface area contributed by atoms with Gasteiger partial charge in [0.25, 0.3) is 0 Å². The molecule has 0 heterocycles. The van der Waals surface area contributed by atoms with Crippen molar-refractivity contribution in [1.82, 2.24) is 10.2 Å². The highest BCUT2D eigenvalue weighted by molar-refractivity contribution is 7.99. The largest absolute Gasteiger partial charge is 0.352 e. The lowest BCUT2D eigenvalue weighted by Crippen LogP contribution is -2.49. The van der Waals surface area contributed by atoms with Gasteiger partial charge in [0.15, 0.2) is 0 Å². The number of carbonyl (C=O) groups excluding carboxylic acids is 2. The summed E-state index contributed by atoms with van der Waals surface area (Å²) in [7, 11) is 0. The Balaban J connectivity index is 2.08. The molecule has 0 aliphatic heterocycles. The normalized spacial score (nSPS) is 12.8. The molecule has 2 rings (SSSR count). The minimum Gasteiger partial charge on any atom is -0.352 e. The minimum atomic E-state index is -0.683. The van der Waals surface area contributed by atoms with E-state index in [1.807, 2.05) is 44.2 Å². The fraction of sp³-hybridized carbons (Fsp3) is 0.391. The van der Waals surface area contributed by atoms with Crippen LogP contribution in [0.4, 0.5) is 4.39 Å². The first kappa shape index (κ1) is 22.9. The van der Waals surface area contributed by atoms with Crippen molar-refractivity contribution >= 4 is 23.6 Å². The molecule has 0 spiro atoms. The highest BCUT2D eigenvalue weighted by Crippen LogP contribution is 2.20. The average molecular weight is 417 g/mol. The molecule has 2 aromatic rings. The molecule has 0 aliphatic carbocycles. The number of hydrogen-bond donors (Lipinski definition) is 1. The zero-order chi connectivity index (χ0) is 21.2. The van der Waals surface area contributed by atoms with Crippen LogP contribution in [0.25, 0.3) is 0 Å². The molecule has 2 aromatic carbocycles. The summed E-state index contributed by atoms with van der Waals surface area (Å²) in [6.45, 7) is 5.67. The predicted octanol–water partition coefficient (Wildman–Crippen LogP) is 4.64. The molecule has 0 aliphatic rings. The Bertz CT molecular complexity index is 800. The highest BCUT2D eigenvalue weighted by atomic mass is 32.2. The van der Waals surface area contributed by atoms with Crippen LogP contribution in [0.3, 0.4) is 0 Å². The SMILES string of the molecule is CC[C@@H](C)NC(=O)[C@@H](C)N(Cc1ccccc1F)C(=O)CCSc1ccccc1. The summed E-state index contributed by atoms with van der Waals surface area (Å²) in [6.07, 6.45) is 1.07. The molecule has 0 radical (unpaired) electrons. The van der Waals surface area contributed by atoms with Crippen molar-refractivity contribution in [2.24, 2.45) is 0 Å². The lowest BCUT2D eigenvalue weighted by Gasteiger charge is -2.30. The maximum Gasteiger partial charge on any atom is 0.242 e. The summed E-state index contributed by atoms with van der Waals surface area (Å²) in [5.74, 6) is -0.169. The number of thioether (sulfide) groups is 1. The zero-order valence-electron chi connectivity index (χ0n) is 17.2. The molecule has 1 N–H and O–H groups in total. The third-order valence-electron chi connectivity index (χ3n) is 4.79. The smallest absolute Gasteiger partial charge is 0.242 e. The van der Waals surface area contributed by atoms with Gasteiger partial charge in [-0.2, -0.15) is 0 Å². The van der Waals surface area contributed by atoms with E-state index in [-0.39, 0.29) is 36.6 Å². The van der Waals surface area contributed by atoms with Gasteiger partial charge in [0, 0.05) is 35.2 Å². The predicted molar refractivity (Wildman–Crippen MR) is 116 cm³/mol. The van der Waals surface area contributed by atoms with Crippen LogP contribution in [0.5, 0.6) is 0 Å². The number of amides is 2. The van der Waals surface area contributed by atoms with Gasteiger partial charge < -0.3 is 10.2 Å². The summed E-state index contributed by atoms with van der Waals surface area (Å²) >= 11 is 1.59. The second kappa shape index (κ2) is 11.6. The number of rotatable bonds is 10. The molecule has 4 nitrogen and oxygen atoms in total. The Morgan fingerprint density at radius 3 is 2.38 bits per heavy atom. The van der Waals surface area contributed by atoms with E-state index in [0.717, 1.165) is 11.3 Å². The second-order valence-corrected chi connectivity index (χ2v) is 8.19. The first-order chi connectivity index (χ1) is 13.9. The highest BCUT2D eigenvalue weighted by Gasteiger charge is 2.27. The van der Waals surface area contributed by atoms with E-state index in [2.05, 4.69) is 5.32 Å². The van der Waals surface area contributed by atoms with E-state index < -0.39 is 6.04 Å². The van der Waals surface area contributed by atoms with Crippen LogP contribution < -0.4 is 5.32 Å². The van der Waals surface area contributed by atoms with Crippen LogP contribution in [-0.4, -0.2) is 34.6 Å². The van der Waals surface area contributed by atoms with Crippen LogP contribution in [0.1, 0.15) is 39.2 Å². The van der Waals surface area contributed by atoms with Crippen LogP contribution in [-0.2, 0) is 16.1 Å². The van der Waals surface area contributed by atoms with E-state index in [1.54, 1.807) is 36.9 Å². The fourth-order valence-corrected chi connectivity index (χ4v) is 3.64. The Hall–Kier alpha value is -2.34. The monoisotopic (exact) mass is 416 g/mol. The molecule has 0 aromatic heterocycles. The molecule has 0 unspecified atom stereocenters. The first-order valence-corrected chi connectivity index (χ1v) is 10.9. The molecule has 0 fully saturated rings. The van der Waals surface area contributed by atoms with Gasteiger partial charge >= 0.3 is 0 Å². The van der Waals surface area contributed by atoms with Crippen molar-refractivity contribution in [3.63, 3.8) is 0 Å². The molecule has 2 amide bonds. The van der Waals surface area contributed by atoms with E-state index in [9.17, 15) is 14.0 Å². The van der Waals surface area contributed by atoms with E-state index in [4.69, 9.17) is 0 Å². The van der Waals surface area contributed by atoms with Gasteiger partial charge in [-0.25, -0.2) is 4.39 Å². The van der Waals surface area contributed by atoms with Gasteiger partial charge in [-0.3, -0.25) is 9.59 Å². The molecular weight excluding hydrogens is 387 g/mol. The van der Waals surface area contributed by atoms with Gasteiger partial charge in [0.2, 0.25) is 11.8 Å². The minimum absolute atomic E-state index is 0.0176. The van der Waals surface area contributed by atoms with Gasteiger partial charge in [0.1, 0.15) is 11.9 Å². The van der Waals surface area contributed by atoms with Gasteiger partial charge in [-0.05, 0) is 38.5 Å². The van der Waals surface area contributed by atoms with E-state index >= 15 is 0 Å². The van der Waals surface area contributed by atoms with Crippen LogP contribution >= 0.6 is 11.8 Å². The number of nitrogens with zero attached hydrogens (tertiary/aromatic N) is 1. The number of carbonyl (C=O) groups is 2. The lowest BCUT2D eigenvalue weighted by molar-refractivity contribution is -0.140. The molecule has 6 heteroatoms. The van der Waals surface area contributed by atoms with Crippen LogP contribution in [0.2, 0.25) is 0 Å². The van der Waals surface area contributed by atoms with Gasteiger partial charge in [-0.15, -0.1) is 11.8 Å². The number of halogens is 1. The molecule has 2 atom stereocenters. The zero-order valence-corrected chi connectivity index (χ0v) is 18.0. The van der Waals surface area contributed by atoms with Gasteiger partial charge in [-0.1, -0.05) is 43.3 Å². The average Bonchev–Trinajstić information content (AvgIpc) is 2.73. The summed E-state index contributed by atoms with van der Waals surface area (Å²) in [6, 6.07) is 15.5. The number of benzene rings is 2. The second-order valence-electron chi connectivity index (χ2n) is 7.02. The van der Waals surface area contributed by atoms with Crippen molar-refractivity contribution in [1.29, 1.82) is 0 Å². The lowest BCUT2D eigenvalue weighted by atomic mass is 10.1. The number of nitrogens with one attached hydrogen (secondary N) is 1. The Morgan fingerprint density at radius 1 is 1.07 bits per heavy atom. The molecule has 156 valence electrons. The fourth-order valence-electron chi connectivity index (χ4n) is 2.77. The maximum atomic E-state index is 14.2. The maximum absolute atomic E-state index is 14.2. The Kier molecular flexibility index (Phi) is 9.19. The first-order valence-electron chi connectivity index (χ1n) is 9.93. The van der Waals surface area contributed by atoms with E-state index in [1.165, 1.54) is 11.0 Å².